The van der Waals surface area contributed by atoms with Crippen molar-refractivity contribution in [3.63, 3.8) is 0 Å². The van der Waals surface area contributed by atoms with Crippen LogP contribution in [-0.4, -0.2) is 11.3 Å². The second-order valence-corrected chi connectivity index (χ2v) is 11.7. The number of benzene rings is 1. The molecule has 182 valence electrons. The van der Waals surface area contributed by atoms with E-state index in [1.807, 2.05) is 5.31 Å². The first-order chi connectivity index (χ1) is 13.9. The van der Waals surface area contributed by atoms with Gasteiger partial charge in [0.2, 0.25) is 0 Å². The summed E-state index contributed by atoms with van der Waals surface area (Å²) in [6, 6.07) is 11.3. The van der Waals surface area contributed by atoms with Crippen molar-refractivity contribution in [3.8, 4) is 0 Å². The summed E-state index contributed by atoms with van der Waals surface area (Å²) in [5.41, 5.74) is 5.10. The Morgan fingerprint density at radius 2 is 1.18 bits per heavy atom. The van der Waals surface area contributed by atoms with Gasteiger partial charge in [-0.05, 0) is 59.9 Å². The van der Waals surface area contributed by atoms with Crippen molar-refractivity contribution in [2.75, 3.05) is 0 Å². The molecule has 1 aromatic carbocycles. The van der Waals surface area contributed by atoms with E-state index in [9.17, 15) is 0 Å². The van der Waals surface area contributed by atoms with Gasteiger partial charge < -0.3 is 49.6 Å². The van der Waals surface area contributed by atoms with Crippen LogP contribution in [-0.2, 0) is 26.2 Å². The Balaban J connectivity index is 0. The minimum Gasteiger partial charge on any atom is -1.00 e. The van der Waals surface area contributed by atoms with Gasteiger partial charge in [-0.25, -0.2) is 0 Å². The van der Waals surface area contributed by atoms with Crippen LogP contribution in [0.1, 0.15) is 83.1 Å². The number of hydrogen-bond acceptors (Lipinski definition) is 0. The van der Waals surface area contributed by atoms with E-state index in [1.165, 1.54) is 76.2 Å². The molecule has 6 heteroatoms. The van der Waals surface area contributed by atoms with Gasteiger partial charge in [-0.1, -0.05) is 108 Å². The van der Waals surface area contributed by atoms with E-state index in [-0.39, 0.29) is 83.8 Å². The zero-order valence-electron chi connectivity index (χ0n) is 19.7. The van der Waals surface area contributed by atoms with Crippen molar-refractivity contribution in [1.29, 1.82) is 0 Å². The minimum atomic E-state index is -0.0278. The van der Waals surface area contributed by atoms with Gasteiger partial charge >= 0.3 is 26.2 Å². The van der Waals surface area contributed by atoms with E-state index in [1.54, 1.807) is 5.57 Å². The predicted octanol–water partition coefficient (Wildman–Crippen LogP) is -3.29. The molecular weight excluding hydrogens is 588 g/mol. The molecule has 0 bridgehead atoms. The van der Waals surface area contributed by atoms with Gasteiger partial charge in [-0.3, -0.25) is 0 Å². The molecule has 2 fully saturated rings. The summed E-state index contributed by atoms with van der Waals surface area (Å²) in [5, 5.41) is 1.86. The summed E-state index contributed by atoms with van der Waals surface area (Å²) in [6.45, 7) is 2.45. The topological polar surface area (TPSA) is 0 Å². The summed E-state index contributed by atoms with van der Waals surface area (Å²) < 4.78 is 0. The van der Waals surface area contributed by atoms with Gasteiger partial charge in [0, 0.05) is 5.92 Å². The van der Waals surface area contributed by atoms with Gasteiger partial charge in [0.05, 0.1) is 0 Å². The Kier molecular flexibility index (Phi) is 20.9. The summed E-state index contributed by atoms with van der Waals surface area (Å²) >= 11 is 0. The summed E-state index contributed by atoms with van der Waals surface area (Å²) in [5.74, 6) is 0.481. The van der Waals surface area contributed by atoms with Crippen LogP contribution in [0, 0.1) is 5.92 Å². The van der Waals surface area contributed by atoms with Crippen LogP contribution in [0.2, 0.25) is 0 Å². The SMILES string of the molecule is CCC(=C(c1ccccc1)C1C=CC=C1)P(C1CCCCC1)C1CCCCC1.[Cl-].[Cl-].[Cl-].[Cl-].[Zr+4]. The third kappa shape index (κ3) is 9.38. The quantitative estimate of drug-likeness (QED) is 0.291. The maximum absolute atomic E-state index is 2.45. The first-order valence-electron chi connectivity index (χ1n) is 11.8. The van der Waals surface area contributed by atoms with E-state index in [0.717, 1.165) is 11.3 Å². The fraction of sp³-hybridized carbons (Fsp3) is 0.556. The summed E-state index contributed by atoms with van der Waals surface area (Å²) in [6.07, 6.45) is 25.4. The standard InChI is InChI=1S/C27H37P.4ClH.Zr/c1-2-26(27(23-16-12-13-17-23)22-14-6-3-7-15-22)28(24-18-8-4-9-19-24)25-20-10-5-11-21-25;;;;;/h3,6-7,12-17,23-25H,2,4-5,8-11,18-21H2,1H3;4*1H;/q;;;;;+4/p-4. The molecule has 0 aromatic heterocycles. The molecule has 0 nitrogen and oxygen atoms in total. The van der Waals surface area contributed by atoms with Crippen LogP contribution in [0.4, 0.5) is 0 Å². The Labute approximate surface area is 247 Å². The average molecular weight is 626 g/mol. The third-order valence-electron chi connectivity index (χ3n) is 7.06. The minimum absolute atomic E-state index is 0. The fourth-order valence-electron chi connectivity index (χ4n) is 5.76. The van der Waals surface area contributed by atoms with Crippen LogP contribution < -0.4 is 49.6 Å². The van der Waals surface area contributed by atoms with E-state index in [4.69, 9.17) is 0 Å². The second-order valence-electron chi connectivity index (χ2n) is 8.87. The van der Waals surface area contributed by atoms with Gasteiger partial charge in [-0.2, -0.15) is 0 Å². The van der Waals surface area contributed by atoms with Gasteiger partial charge in [0.1, 0.15) is 0 Å². The zero-order chi connectivity index (χ0) is 19.2. The maximum Gasteiger partial charge on any atom is 4.00 e. The fourth-order valence-corrected chi connectivity index (χ4v) is 10.0. The second kappa shape index (κ2) is 19.1. The van der Waals surface area contributed by atoms with Crippen molar-refractivity contribution < 1.29 is 75.8 Å². The molecule has 2 saturated carbocycles. The Morgan fingerprint density at radius 3 is 1.61 bits per heavy atom. The molecule has 0 saturated heterocycles. The molecule has 0 heterocycles. The number of hydrogen-bond donors (Lipinski definition) is 0. The molecule has 0 spiro atoms. The van der Waals surface area contributed by atoms with E-state index < -0.39 is 0 Å². The number of halogens is 4. The third-order valence-corrected chi connectivity index (χ3v) is 10.8. The molecule has 1 aromatic rings. The first kappa shape index (κ1) is 36.1. The van der Waals surface area contributed by atoms with Crippen LogP contribution >= 0.6 is 7.92 Å². The zero-order valence-corrected chi connectivity index (χ0v) is 26.0. The molecule has 0 radical (unpaired) electrons. The molecule has 33 heavy (non-hydrogen) atoms. The van der Waals surface area contributed by atoms with Crippen LogP contribution in [0.5, 0.6) is 0 Å². The van der Waals surface area contributed by atoms with Crippen LogP contribution in [0.15, 0.2) is 60.0 Å². The molecular formula is C27H37Cl4PZr. The van der Waals surface area contributed by atoms with E-state index >= 15 is 0 Å². The molecule has 0 N–H and O–H groups in total. The summed E-state index contributed by atoms with van der Waals surface area (Å²) in [7, 11) is -0.0278. The summed E-state index contributed by atoms with van der Waals surface area (Å²) in [4.78, 5) is 0. The smallest absolute Gasteiger partial charge is 1.00 e. The largest absolute Gasteiger partial charge is 4.00 e. The molecule has 3 aliphatic carbocycles. The predicted molar refractivity (Wildman–Crippen MR) is 126 cm³/mol. The molecule has 3 aliphatic rings. The van der Waals surface area contributed by atoms with Crippen LogP contribution in [0.25, 0.3) is 5.57 Å². The first-order valence-corrected chi connectivity index (χ1v) is 13.3. The average Bonchev–Trinajstić information content (AvgIpc) is 3.30. The number of rotatable bonds is 6. The molecule has 0 amide bonds. The van der Waals surface area contributed by atoms with Crippen molar-refractivity contribution in [3.05, 3.63) is 65.5 Å². The normalized spacial score (nSPS) is 19.3. The molecule has 4 rings (SSSR count). The Hall–Kier alpha value is 0.913. The van der Waals surface area contributed by atoms with Crippen molar-refractivity contribution in [1.82, 2.24) is 0 Å². The Bertz CT molecular complexity index is 693. The monoisotopic (exact) mass is 622 g/mol. The van der Waals surface area contributed by atoms with Crippen molar-refractivity contribution >= 4 is 13.5 Å². The van der Waals surface area contributed by atoms with Gasteiger partial charge in [0.15, 0.2) is 0 Å². The van der Waals surface area contributed by atoms with Crippen molar-refractivity contribution in [2.45, 2.75) is 88.9 Å². The molecule has 0 atom stereocenters. The molecule has 0 aliphatic heterocycles. The maximum atomic E-state index is 2.45. The molecule has 0 unspecified atom stereocenters. The van der Waals surface area contributed by atoms with E-state index in [2.05, 4.69) is 61.6 Å². The van der Waals surface area contributed by atoms with Crippen LogP contribution in [0.3, 0.4) is 0 Å². The van der Waals surface area contributed by atoms with Gasteiger partial charge in [0.25, 0.3) is 0 Å². The van der Waals surface area contributed by atoms with E-state index in [0.29, 0.717) is 5.92 Å². The van der Waals surface area contributed by atoms with Crippen molar-refractivity contribution in [2.24, 2.45) is 5.92 Å². The number of allylic oxidation sites excluding steroid dienone is 6. The van der Waals surface area contributed by atoms with Gasteiger partial charge in [-0.15, -0.1) is 0 Å². The Morgan fingerprint density at radius 1 is 0.727 bits per heavy atom.